The first-order chi connectivity index (χ1) is 8.49. The third-order valence-electron chi connectivity index (χ3n) is 2.89. The smallest absolute Gasteiger partial charge is 0.419 e. The summed E-state index contributed by atoms with van der Waals surface area (Å²) in [7, 11) is 1.27. The molecule has 0 saturated carbocycles. The molecular weight excluding hydrogens is 241 g/mol. The third kappa shape index (κ3) is 4.24. The Hall–Kier alpha value is -1.19. The molecule has 0 radical (unpaired) electrons. The Bertz CT molecular complexity index is 372. The molecule has 102 valence electrons. The highest BCUT2D eigenvalue weighted by atomic mass is 19.4. The molecule has 0 saturated heterocycles. The summed E-state index contributed by atoms with van der Waals surface area (Å²) in [4.78, 5) is 0. The summed E-state index contributed by atoms with van der Waals surface area (Å²) < 4.78 is 42.7. The van der Waals surface area contributed by atoms with Gasteiger partial charge in [-0.25, -0.2) is 0 Å². The van der Waals surface area contributed by atoms with E-state index in [4.69, 9.17) is 4.74 Å². The normalized spacial score (nSPS) is 11.6. The summed E-state index contributed by atoms with van der Waals surface area (Å²) in [6, 6.07) is 4.14. The molecule has 0 aliphatic carbocycles. The van der Waals surface area contributed by atoms with Gasteiger partial charge < -0.3 is 4.74 Å². The molecule has 1 nitrogen and oxygen atoms in total. The maximum Gasteiger partial charge on any atom is 0.419 e. The molecule has 0 spiro atoms. The monoisotopic (exact) mass is 260 g/mol. The van der Waals surface area contributed by atoms with E-state index in [1.807, 2.05) is 0 Å². The van der Waals surface area contributed by atoms with Crippen molar-refractivity contribution < 1.29 is 17.9 Å². The Morgan fingerprint density at radius 1 is 1.11 bits per heavy atom. The van der Waals surface area contributed by atoms with Gasteiger partial charge in [0.15, 0.2) is 0 Å². The maximum atomic E-state index is 12.6. The minimum Gasteiger partial charge on any atom is -0.496 e. The van der Waals surface area contributed by atoms with E-state index in [0.29, 0.717) is 0 Å². The molecule has 0 N–H and O–H groups in total. The van der Waals surface area contributed by atoms with Crippen LogP contribution in [0.2, 0.25) is 0 Å². The molecule has 1 aromatic carbocycles. The molecule has 4 heteroatoms. The van der Waals surface area contributed by atoms with Crippen LogP contribution in [0.15, 0.2) is 18.2 Å². The zero-order chi connectivity index (χ0) is 13.6. The van der Waals surface area contributed by atoms with Crippen LogP contribution in [0.3, 0.4) is 0 Å². The van der Waals surface area contributed by atoms with Crippen molar-refractivity contribution in [2.45, 2.75) is 45.2 Å². The second kappa shape index (κ2) is 6.66. The average molecular weight is 260 g/mol. The Labute approximate surface area is 106 Å². The largest absolute Gasteiger partial charge is 0.496 e. The van der Waals surface area contributed by atoms with Crippen LogP contribution in [0.4, 0.5) is 13.2 Å². The molecule has 1 rings (SSSR count). The fourth-order valence-electron chi connectivity index (χ4n) is 1.88. The topological polar surface area (TPSA) is 9.23 Å². The number of benzene rings is 1. The fraction of sp³-hybridized carbons (Fsp3) is 0.571. The number of halogens is 3. The molecule has 0 unspecified atom stereocenters. The van der Waals surface area contributed by atoms with Gasteiger partial charge in [0, 0.05) is 0 Å². The molecule has 0 amide bonds. The lowest BCUT2D eigenvalue weighted by atomic mass is 10.0. The highest BCUT2D eigenvalue weighted by molar-refractivity contribution is 5.39. The van der Waals surface area contributed by atoms with Crippen molar-refractivity contribution in [1.82, 2.24) is 0 Å². The van der Waals surface area contributed by atoms with Gasteiger partial charge in [-0.3, -0.25) is 0 Å². The number of aryl methyl sites for hydroxylation is 1. The van der Waals surface area contributed by atoms with Gasteiger partial charge in [-0.15, -0.1) is 0 Å². The molecule has 18 heavy (non-hydrogen) atoms. The zero-order valence-corrected chi connectivity index (χ0v) is 10.8. The molecule has 0 aliphatic heterocycles. The summed E-state index contributed by atoms with van der Waals surface area (Å²) in [6.45, 7) is 2.13. The number of unbranched alkanes of at least 4 members (excludes halogenated alkanes) is 3. The van der Waals surface area contributed by atoms with Gasteiger partial charge in [-0.1, -0.05) is 32.3 Å². The summed E-state index contributed by atoms with van der Waals surface area (Å²) >= 11 is 0. The van der Waals surface area contributed by atoms with E-state index in [0.717, 1.165) is 43.7 Å². The zero-order valence-electron chi connectivity index (χ0n) is 10.8. The molecule has 1 aromatic rings. The van der Waals surface area contributed by atoms with Crippen LogP contribution in [-0.4, -0.2) is 7.11 Å². The van der Waals surface area contributed by atoms with Gasteiger partial charge >= 0.3 is 6.18 Å². The Morgan fingerprint density at radius 3 is 2.39 bits per heavy atom. The van der Waals surface area contributed by atoms with E-state index in [1.54, 1.807) is 0 Å². The van der Waals surface area contributed by atoms with Crippen molar-refractivity contribution in [2.24, 2.45) is 0 Å². The van der Waals surface area contributed by atoms with Crippen LogP contribution in [0, 0.1) is 0 Å². The first-order valence-corrected chi connectivity index (χ1v) is 6.23. The van der Waals surface area contributed by atoms with E-state index in [1.165, 1.54) is 19.2 Å². The second-order valence-corrected chi connectivity index (χ2v) is 4.34. The lowest BCUT2D eigenvalue weighted by Gasteiger charge is -2.13. The number of methoxy groups -OCH3 is 1. The summed E-state index contributed by atoms with van der Waals surface area (Å²) in [5, 5.41) is 0. The summed E-state index contributed by atoms with van der Waals surface area (Å²) in [6.07, 6.45) is 0.872. The van der Waals surface area contributed by atoms with Crippen LogP contribution < -0.4 is 4.74 Å². The highest BCUT2D eigenvalue weighted by Gasteiger charge is 2.34. The lowest BCUT2D eigenvalue weighted by Crippen LogP contribution is -2.07. The third-order valence-corrected chi connectivity index (χ3v) is 2.89. The molecule has 0 bridgehead atoms. The number of alkyl halides is 3. The SMILES string of the molecule is CCCCCCc1ccc(C(F)(F)F)c(OC)c1. The van der Waals surface area contributed by atoms with Gasteiger partial charge in [-0.05, 0) is 30.5 Å². The van der Waals surface area contributed by atoms with E-state index < -0.39 is 11.7 Å². The van der Waals surface area contributed by atoms with E-state index in [-0.39, 0.29) is 5.75 Å². The molecule has 0 fully saturated rings. The minimum absolute atomic E-state index is 0.0875. The van der Waals surface area contributed by atoms with E-state index >= 15 is 0 Å². The molecule has 0 aliphatic rings. The van der Waals surface area contributed by atoms with Gasteiger partial charge in [0.05, 0.1) is 12.7 Å². The lowest BCUT2D eigenvalue weighted by molar-refractivity contribution is -0.138. The number of ether oxygens (including phenoxy) is 1. The van der Waals surface area contributed by atoms with E-state index in [9.17, 15) is 13.2 Å². The fourth-order valence-corrected chi connectivity index (χ4v) is 1.88. The minimum atomic E-state index is -4.36. The van der Waals surface area contributed by atoms with E-state index in [2.05, 4.69) is 6.92 Å². The number of hydrogen-bond acceptors (Lipinski definition) is 1. The van der Waals surface area contributed by atoms with Crippen LogP contribution in [0.25, 0.3) is 0 Å². The van der Waals surface area contributed by atoms with Crippen LogP contribution in [0.5, 0.6) is 5.75 Å². The van der Waals surface area contributed by atoms with Crippen molar-refractivity contribution in [3.63, 3.8) is 0 Å². The van der Waals surface area contributed by atoms with Gasteiger partial charge in [-0.2, -0.15) is 13.2 Å². The first kappa shape index (κ1) is 14.9. The van der Waals surface area contributed by atoms with Crippen molar-refractivity contribution in [3.8, 4) is 5.75 Å². The highest BCUT2D eigenvalue weighted by Crippen LogP contribution is 2.36. The Kier molecular flexibility index (Phi) is 5.51. The van der Waals surface area contributed by atoms with Gasteiger partial charge in [0.2, 0.25) is 0 Å². The number of hydrogen-bond donors (Lipinski definition) is 0. The van der Waals surface area contributed by atoms with Gasteiger partial charge in [0.1, 0.15) is 5.75 Å². The molecule has 0 aromatic heterocycles. The van der Waals surface area contributed by atoms with Crippen molar-refractivity contribution in [2.75, 3.05) is 7.11 Å². The average Bonchev–Trinajstić information content (AvgIpc) is 2.33. The van der Waals surface area contributed by atoms with Crippen molar-refractivity contribution in [3.05, 3.63) is 29.3 Å². The summed E-state index contributed by atoms with van der Waals surface area (Å²) in [5.74, 6) is -0.0875. The Balaban J connectivity index is 2.73. The number of rotatable bonds is 6. The molecule has 0 atom stereocenters. The van der Waals surface area contributed by atoms with Crippen molar-refractivity contribution >= 4 is 0 Å². The van der Waals surface area contributed by atoms with Crippen LogP contribution in [0.1, 0.15) is 43.7 Å². The van der Waals surface area contributed by atoms with Crippen LogP contribution >= 0.6 is 0 Å². The maximum absolute atomic E-state index is 12.6. The predicted octanol–water partition coefficient (Wildman–Crippen LogP) is 4.84. The Morgan fingerprint density at radius 2 is 1.83 bits per heavy atom. The van der Waals surface area contributed by atoms with Crippen molar-refractivity contribution in [1.29, 1.82) is 0 Å². The first-order valence-electron chi connectivity index (χ1n) is 6.23. The van der Waals surface area contributed by atoms with Gasteiger partial charge in [0.25, 0.3) is 0 Å². The predicted molar refractivity (Wildman–Crippen MR) is 65.8 cm³/mol. The quantitative estimate of drug-likeness (QED) is 0.665. The van der Waals surface area contributed by atoms with Crippen LogP contribution in [-0.2, 0) is 12.6 Å². The summed E-state index contributed by atoms with van der Waals surface area (Å²) in [5.41, 5.74) is 0.193. The second-order valence-electron chi connectivity index (χ2n) is 4.34. The molecular formula is C14H19F3O. The molecule has 0 heterocycles. The standard InChI is InChI=1S/C14H19F3O/c1-3-4-5-6-7-11-8-9-12(14(15,16)17)13(10-11)18-2/h8-10H,3-7H2,1-2H3.